The van der Waals surface area contributed by atoms with Gasteiger partial charge in [-0.1, -0.05) is 24.3 Å². The minimum Gasteiger partial charge on any atom is -0.481 e. The van der Waals surface area contributed by atoms with Crippen molar-refractivity contribution in [2.45, 2.75) is 56.4 Å². The topological polar surface area (TPSA) is 157 Å². The lowest BCUT2D eigenvalue weighted by molar-refractivity contribution is -0.139. The second kappa shape index (κ2) is 10.5. The highest BCUT2D eigenvalue weighted by molar-refractivity contribution is 5.98. The SMILES string of the molecule is Nc1ccc2c(c1)Oc1cc(NC(=O)[C@@H]3CCCN3C(=O)[C@@H](N)CCCC(=O)O)ccc1C21OCc2ccccc21. The first kappa shape index (κ1) is 26.8. The molecule has 2 amide bonds. The van der Waals surface area contributed by atoms with E-state index in [1.54, 1.807) is 12.1 Å². The van der Waals surface area contributed by atoms with E-state index in [4.69, 9.17) is 26.0 Å². The number of carboxylic acids is 1. The lowest BCUT2D eigenvalue weighted by Gasteiger charge is -2.37. The molecule has 3 aliphatic heterocycles. The summed E-state index contributed by atoms with van der Waals surface area (Å²) in [5, 5.41) is 11.8. The number of nitrogen functional groups attached to an aromatic ring is 1. The van der Waals surface area contributed by atoms with Crippen LogP contribution in [0.15, 0.2) is 60.7 Å². The summed E-state index contributed by atoms with van der Waals surface area (Å²) in [6.45, 7) is 0.871. The smallest absolute Gasteiger partial charge is 0.303 e. The van der Waals surface area contributed by atoms with E-state index in [2.05, 4.69) is 17.4 Å². The first-order valence-corrected chi connectivity index (χ1v) is 13.8. The van der Waals surface area contributed by atoms with E-state index in [1.807, 2.05) is 36.4 Å². The second-order valence-electron chi connectivity index (χ2n) is 10.8. The number of ether oxygens (including phenoxy) is 2. The van der Waals surface area contributed by atoms with Crippen LogP contribution < -0.4 is 21.5 Å². The molecule has 10 heteroatoms. The van der Waals surface area contributed by atoms with E-state index >= 15 is 0 Å². The molecule has 0 radical (unpaired) electrons. The molecule has 0 bridgehead atoms. The van der Waals surface area contributed by atoms with Crippen molar-refractivity contribution in [2.75, 3.05) is 17.6 Å². The zero-order chi connectivity index (χ0) is 28.7. The van der Waals surface area contributed by atoms with Crippen LogP contribution in [0.2, 0.25) is 0 Å². The van der Waals surface area contributed by atoms with Crippen molar-refractivity contribution in [3.05, 3.63) is 82.9 Å². The highest BCUT2D eigenvalue weighted by atomic mass is 16.5. The summed E-state index contributed by atoms with van der Waals surface area (Å²) in [5.74, 6) is -0.459. The molecule has 1 spiro atoms. The fraction of sp³-hybridized carbons (Fsp3) is 0.323. The number of likely N-dealkylation sites (tertiary alicyclic amines) is 1. The number of fused-ring (bicyclic) bond motifs is 6. The van der Waals surface area contributed by atoms with E-state index in [0.29, 0.717) is 55.3 Å². The van der Waals surface area contributed by atoms with Gasteiger partial charge in [-0.15, -0.1) is 0 Å². The van der Waals surface area contributed by atoms with Crippen LogP contribution in [0.4, 0.5) is 11.4 Å². The molecule has 0 saturated carbocycles. The van der Waals surface area contributed by atoms with Crippen molar-refractivity contribution in [1.82, 2.24) is 4.90 Å². The van der Waals surface area contributed by atoms with E-state index in [1.165, 1.54) is 4.90 Å². The maximum absolute atomic E-state index is 13.4. The quantitative estimate of drug-likeness (QED) is 0.321. The predicted octanol–water partition coefficient (Wildman–Crippen LogP) is 3.71. The molecule has 3 heterocycles. The number of hydrogen-bond acceptors (Lipinski definition) is 7. The third kappa shape index (κ3) is 4.68. The van der Waals surface area contributed by atoms with Gasteiger partial charge in [0.25, 0.3) is 0 Å². The molecular weight excluding hydrogens is 524 g/mol. The number of benzene rings is 3. The molecule has 0 aliphatic carbocycles. The van der Waals surface area contributed by atoms with Gasteiger partial charge in [0.15, 0.2) is 5.60 Å². The van der Waals surface area contributed by atoms with Crippen LogP contribution in [0.1, 0.15) is 54.4 Å². The fourth-order valence-electron chi connectivity index (χ4n) is 6.19. The molecule has 1 fully saturated rings. The molecule has 0 aromatic heterocycles. The van der Waals surface area contributed by atoms with Gasteiger partial charge in [-0.25, -0.2) is 0 Å². The summed E-state index contributed by atoms with van der Waals surface area (Å²) in [7, 11) is 0. The first-order valence-electron chi connectivity index (χ1n) is 13.8. The minimum absolute atomic E-state index is 0.0553. The highest BCUT2D eigenvalue weighted by Gasteiger charge is 2.49. The van der Waals surface area contributed by atoms with Gasteiger partial charge in [0.1, 0.15) is 17.5 Å². The number of rotatable bonds is 7. The molecule has 6 rings (SSSR count). The number of carbonyl (C=O) groups is 3. The standard InChI is InChI=1S/C31H32N4O6/c32-19-10-12-22-26(15-19)41-27-16-20(11-13-23(27)31(22)21-6-2-1-5-18(21)17-40-31)34-29(38)25-8-4-14-35(25)30(39)24(33)7-3-9-28(36)37/h1-2,5-6,10-13,15-16,24-25H,3-4,7-9,14,17,32-33H2,(H,34,38)(H,36,37)/t24-,25-,31?/m0/s1. The van der Waals surface area contributed by atoms with Gasteiger partial charge in [0.2, 0.25) is 11.8 Å². The Bertz CT molecular complexity index is 1540. The number of nitrogens with two attached hydrogens (primary N) is 2. The van der Waals surface area contributed by atoms with Gasteiger partial charge in [-0.2, -0.15) is 0 Å². The van der Waals surface area contributed by atoms with Gasteiger partial charge in [-0.05, 0) is 61.1 Å². The van der Waals surface area contributed by atoms with Gasteiger partial charge in [-0.3, -0.25) is 14.4 Å². The number of amides is 2. The summed E-state index contributed by atoms with van der Waals surface area (Å²) in [6, 6.07) is 17.6. The molecular formula is C31H32N4O6. The molecule has 212 valence electrons. The van der Waals surface area contributed by atoms with Crippen LogP contribution in [-0.4, -0.2) is 46.4 Å². The summed E-state index contributed by atoms with van der Waals surface area (Å²) in [6.07, 6.45) is 1.68. The highest BCUT2D eigenvalue weighted by Crippen LogP contribution is 2.56. The van der Waals surface area contributed by atoms with Crippen LogP contribution in [0, 0.1) is 0 Å². The number of carboxylic acid groups (broad SMARTS) is 1. The molecule has 3 aromatic carbocycles. The zero-order valence-corrected chi connectivity index (χ0v) is 22.5. The summed E-state index contributed by atoms with van der Waals surface area (Å²) >= 11 is 0. The Labute approximate surface area is 237 Å². The Balaban J connectivity index is 1.25. The molecule has 1 saturated heterocycles. The lowest BCUT2D eigenvalue weighted by Crippen LogP contribution is -2.49. The third-order valence-electron chi connectivity index (χ3n) is 8.14. The van der Waals surface area contributed by atoms with Crippen LogP contribution in [0.3, 0.4) is 0 Å². The van der Waals surface area contributed by atoms with Gasteiger partial charge in [0.05, 0.1) is 12.6 Å². The zero-order valence-electron chi connectivity index (χ0n) is 22.5. The number of nitrogens with zero attached hydrogens (tertiary/aromatic N) is 1. The summed E-state index contributed by atoms with van der Waals surface area (Å²) < 4.78 is 12.9. The first-order chi connectivity index (χ1) is 19.8. The molecule has 10 nitrogen and oxygen atoms in total. The van der Waals surface area contributed by atoms with E-state index in [0.717, 1.165) is 22.3 Å². The van der Waals surface area contributed by atoms with Gasteiger partial charge in [0, 0.05) is 47.6 Å². The van der Waals surface area contributed by atoms with Crippen molar-refractivity contribution >= 4 is 29.2 Å². The van der Waals surface area contributed by atoms with E-state index < -0.39 is 23.7 Å². The third-order valence-corrected chi connectivity index (χ3v) is 8.14. The Morgan fingerprint density at radius 2 is 1.80 bits per heavy atom. The lowest BCUT2D eigenvalue weighted by atomic mass is 9.77. The molecule has 41 heavy (non-hydrogen) atoms. The Kier molecular flexibility index (Phi) is 6.88. The molecule has 3 atom stereocenters. The van der Waals surface area contributed by atoms with Crippen molar-refractivity contribution < 1.29 is 29.0 Å². The Morgan fingerprint density at radius 3 is 2.61 bits per heavy atom. The van der Waals surface area contributed by atoms with Crippen LogP contribution in [0.25, 0.3) is 0 Å². The van der Waals surface area contributed by atoms with Crippen molar-refractivity contribution in [1.29, 1.82) is 0 Å². The van der Waals surface area contributed by atoms with Crippen LogP contribution in [-0.2, 0) is 31.3 Å². The second-order valence-corrected chi connectivity index (χ2v) is 10.8. The van der Waals surface area contributed by atoms with Crippen molar-refractivity contribution in [2.24, 2.45) is 5.73 Å². The average molecular weight is 557 g/mol. The number of carbonyl (C=O) groups excluding carboxylic acids is 2. The van der Waals surface area contributed by atoms with Gasteiger partial charge < -0.3 is 36.3 Å². The normalized spacial score (nSPS) is 21.0. The van der Waals surface area contributed by atoms with E-state index in [9.17, 15) is 14.4 Å². The van der Waals surface area contributed by atoms with Crippen molar-refractivity contribution in [3.63, 3.8) is 0 Å². The predicted molar refractivity (Wildman–Crippen MR) is 151 cm³/mol. The number of hydrogen-bond donors (Lipinski definition) is 4. The van der Waals surface area contributed by atoms with Gasteiger partial charge >= 0.3 is 5.97 Å². The largest absolute Gasteiger partial charge is 0.481 e. The summed E-state index contributed by atoms with van der Waals surface area (Å²) in [4.78, 5) is 38.7. The van der Waals surface area contributed by atoms with Crippen LogP contribution in [0.5, 0.6) is 11.5 Å². The molecule has 3 aliphatic rings. The number of nitrogens with one attached hydrogen (secondary N) is 1. The number of aliphatic carboxylic acids is 1. The average Bonchev–Trinajstić information content (AvgIpc) is 3.59. The molecule has 3 aromatic rings. The maximum atomic E-state index is 13.4. The van der Waals surface area contributed by atoms with Crippen molar-refractivity contribution in [3.8, 4) is 11.5 Å². The monoisotopic (exact) mass is 556 g/mol. The fourth-order valence-corrected chi connectivity index (χ4v) is 6.19. The number of anilines is 2. The molecule has 1 unspecified atom stereocenters. The summed E-state index contributed by atoms with van der Waals surface area (Å²) in [5.41, 5.74) is 16.2. The van der Waals surface area contributed by atoms with Crippen LogP contribution >= 0.6 is 0 Å². The maximum Gasteiger partial charge on any atom is 0.303 e. The van der Waals surface area contributed by atoms with E-state index in [-0.39, 0.29) is 24.7 Å². The molecule has 6 N–H and O–H groups in total. The minimum atomic E-state index is -0.932. The Morgan fingerprint density at radius 1 is 1.05 bits per heavy atom. The Hall–Kier alpha value is -4.41.